The molecule has 63 heavy (non-hydrogen) atoms. The Kier molecular flexibility index (Phi) is 12.2. The predicted molar refractivity (Wildman–Crippen MR) is 263 cm³/mol. The number of para-hydroxylation sites is 2. The molecule has 7 aromatic rings. The van der Waals surface area contributed by atoms with Gasteiger partial charge in [-0.25, -0.2) is 4.98 Å². The third-order valence-corrected chi connectivity index (χ3v) is 12.1. The molecule has 0 saturated carbocycles. The average molecular weight is 1010 g/mol. The summed E-state index contributed by atoms with van der Waals surface area (Å²) in [5.41, 5.74) is 13.2. The topological polar surface area (TPSA) is 54.2 Å². The molecule has 5 nitrogen and oxygen atoms in total. The third kappa shape index (κ3) is 9.16. The molecule has 8 rings (SSSR count). The summed E-state index contributed by atoms with van der Waals surface area (Å²) in [6, 6.07) is 44.4. The summed E-state index contributed by atoms with van der Waals surface area (Å²) in [6.45, 7) is 26.4. The Balaban J connectivity index is 0.00000595. The molecule has 1 aliphatic rings. The van der Waals surface area contributed by atoms with E-state index in [4.69, 9.17) is 9.97 Å². The van der Waals surface area contributed by atoms with Crippen LogP contribution in [0.2, 0.25) is 0 Å². The van der Waals surface area contributed by atoms with Crippen LogP contribution in [-0.2, 0) is 37.3 Å². The van der Waals surface area contributed by atoms with Gasteiger partial charge in [-0.05, 0) is 80.5 Å². The normalized spacial score (nSPS) is 13.6. The first-order valence-corrected chi connectivity index (χ1v) is 21.9. The molecule has 5 aromatic carbocycles. The van der Waals surface area contributed by atoms with Crippen molar-refractivity contribution in [1.82, 2.24) is 14.4 Å². The number of rotatable bonds is 6. The number of nitrogens with zero attached hydrogens (tertiary/aromatic N) is 4. The SMILES string of the molecule is CC(C)(C)C1=CN(c2ccccc2)B(n2c(-c3cc(C(C)(C)C)cc(C(C)(C)C)c3O)nc3c(-c4[c-]c(-c5cc(-c6ccccc6)ccn5)cc(C(C)(C)C)c4)cccc32)C=C1.[Pt]. The predicted octanol–water partition coefficient (Wildman–Crippen LogP) is 14.4. The van der Waals surface area contributed by atoms with Crippen molar-refractivity contribution in [3.63, 3.8) is 0 Å². The van der Waals surface area contributed by atoms with E-state index in [1.807, 2.05) is 12.3 Å². The molecule has 0 atom stereocenters. The van der Waals surface area contributed by atoms with Gasteiger partial charge in [-0.3, -0.25) is 4.98 Å². The molecule has 0 unspecified atom stereocenters. The Labute approximate surface area is 390 Å². The van der Waals surface area contributed by atoms with Gasteiger partial charge in [0.15, 0.2) is 0 Å². The molecule has 324 valence electrons. The Hall–Kier alpha value is -5.45. The van der Waals surface area contributed by atoms with Gasteiger partial charge in [0.2, 0.25) is 0 Å². The molecule has 1 N–H and O–H groups in total. The quantitative estimate of drug-likeness (QED) is 0.133. The zero-order valence-electron chi connectivity index (χ0n) is 38.9. The molecule has 0 aliphatic carbocycles. The van der Waals surface area contributed by atoms with Crippen molar-refractivity contribution in [1.29, 1.82) is 0 Å². The van der Waals surface area contributed by atoms with Crippen molar-refractivity contribution in [2.24, 2.45) is 5.41 Å². The number of hydrogen-bond acceptors (Lipinski definition) is 4. The maximum Gasteiger partial charge on any atom is 0.413 e. The van der Waals surface area contributed by atoms with Crippen LogP contribution in [0.1, 0.15) is 99.8 Å². The average Bonchev–Trinajstić information content (AvgIpc) is 3.62. The largest absolute Gasteiger partial charge is 0.507 e. The molecule has 0 bridgehead atoms. The number of anilines is 1. The van der Waals surface area contributed by atoms with E-state index in [1.165, 1.54) is 11.1 Å². The zero-order chi connectivity index (χ0) is 44.4. The summed E-state index contributed by atoms with van der Waals surface area (Å²) < 4.78 is 2.33. The van der Waals surface area contributed by atoms with E-state index >= 15 is 0 Å². The summed E-state index contributed by atoms with van der Waals surface area (Å²) in [4.78, 5) is 12.9. The van der Waals surface area contributed by atoms with E-state index in [9.17, 15) is 5.11 Å². The number of imidazole rings is 1. The summed E-state index contributed by atoms with van der Waals surface area (Å²) in [5.74, 6) is 3.25. The molecule has 0 spiro atoms. The number of hydrogen-bond donors (Lipinski definition) is 1. The molecule has 0 saturated heterocycles. The molecule has 0 fully saturated rings. The van der Waals surface area contributed by atoms with E-state index < -0.39 is 0 Å². The standard InChI is InChI=1S/C56H60BN4O.Pt/c1-53(2,3)41-26-28-57(60(36-41)44-22-17-14-18-23-44)61-49-25-19-24-45(50(49)59-52(61)46-34-43(55(7,8)9)35-47(51(46)62)56(10,11)12)39-30-40(32-42(31-39)54(4,5)6)48-33-38(27-29-58-48)37-20-15-13-16-21-37;/h13-29,31-36,62H,1-12H3;/q-1;. The van der Waals surface area contributed by atoms with Crippen molar-refractivity contribution in [3.8, 4) is 50.6 Å². The van der Waals surface area contributed by atoms with E-state index in [1.54, 1.807) is 0 Å². The van der Waals surface area contributed by atoms with E-state index in [0.717, 1.165) is 61.4 Å². The summed E-state index contributed by atoms with van der Waals surface area (Å²) in [6.07, 6.45) is 6.44. The molecular weight excluding hydrogens is 951 g/mol. The number of allylic oxidation sites excluding steroid dienone is 2. The number of phenolic OH excluding ortho intramolecular Hbond substituents is 1. The third-order valence-electron chi connectivity index (χ3n) is 12.1. The van der Waals surface area contributed by atoms with Crippen LogP contribution in [0.25, 0.3) is 55.9 Å². The summed E-state index contributed by atoms with van der Waals surface area (Å²) >= 11 is 0. The van der Waals surface area contributed by atoms with Crippen LogP contribution < -0.4 is 4.81 Å². The maximum atomic E-state index is 12.5. The van der Waals surface area contributed by atoms with Crippen molar-refractivity contribution in [3.05, 3.63) is 168 Å². The fourth-order valence-electron chi connectivity index (χ4n) is 8.31. The molecular formula is C56H60BN4OPt-. The number of fused-ring (bicyclic) bond motifs is 1. The number of pyridine rings is 1. The van der Waals surface area contributed by atoms with Gasteiger partial charge in [-0.15, -0.1) is 29.3 Å². The van der Waals surface area contributed by atoms with Crippen LogP contribution >= 0.6 is 0 Å². The number of benzene rings is 5. The van der Waals surface area contributed by atoms with E-state index in [2.05, 4.69) is 226 Å². The van der Waals surface area contributed by atoms with E-state index in [0.29, 0.717) is 11.4 Å². The molecule has 7 heteroatoms. The first kappa shape index (κ1) is 45.6. The van der Waals surface area contributed by atoms with Crippen LogP contribution in [0.15, 0.2) is 145 Å². The van der Waals surface area contributed by atoms with Crippen molar-refractivity contribution >= 4 is 23.7 Å². The van der Waals surface area contributed by atoms with Crippen molar-refractivity contribution in [2.45, 2.75) is 99.3 Å². The van der Waals surface area contributed by atoms with Gasteiger partial charge < -0.3 is 14.4 Å². The van der Waals surface area contributed by atoms with Gasteiger partial charge in [-0.1, -0.05) is 179 Å². The molecule has 0 amide bonds. The monoisotopic (exact) mass is 1010 g/mol. The van der Waals surface area contributed by atoms with E-state index in [-0.39, 0.29) is 55.5 Å². The minimum absolute atomic E-state index is 0. The zero-order valence-corrected chi connectivity index (χ0v) is 41.2. The van der Waals surface area contributed by atoms with Gasteiger partial charge in [0.25, 0.3) is 0 Å². The van der Waals surface area contributed by atoms with Gasteiger partial charge >= 0.3 is 6.98 Å². The minimum atomic E-state index is -0.322. The molecule has 0 radical (unpaired) electrons. The second-order valence-corrected chi connectivity index (χ2v) is 21.0. The van der Waals surface area contributed by atoms with Gasteiger partial charge in [0.05, 0.1) is 16.6 Å². The molecule has 2 aromatic heterocycles. The van der Waals surface area contributed by atoms with Gasteiger partial charge in [-0.2, -0.15) is 0 Å². The second kappa shape index (κ2) is 16.9. The Morgan fingerprint density at radius 3 is 1.87 bits per heavy atom. The molecule has 1 aliphatic heterocycles. The summed E-state index contributed by atoms with van der Waals surface area (Å²) in [5, 5.41) is 12.5. The second-order valence-electron chi connectivity index (χ2n) is 21.0. The van der Waals surface area contributed by atoms with Gasteiger partial charge in [0.1, 0.15) is 11.6 Å². The van der Waals surface area contributed by atoms with Crippen LogP contribution in [0.5, 0.6) is 5.75 Å². The Morgan fingerprint density at radius 1 is 0.603 bits per heavy atom. The summed E-state index contributed by atoms with van der Waals surface area (Å²) in [7, 11) is 0. The van der Waals surface area contributed by atoms with Crippen LogP contribution in [0, 0.1) is 11.5 Å². The Bertz CT molecular complexity index is 2850. The number of aromatic hydroxyl groups is 1. The fourth-order valence-corrected chi connectivity index (χ4v) is 8.31. The fraction of sp³-hybridized carbons (Fsp3) is 0.286. The number of aromatic nitrogens is 3. The first-order valence-electron chi connectivity index (χ1n) is 21.9. The number of phenols is 1. The van der Waals surface area contributed by atoms with Crippen LogP contribution in [-0.4, -0.2) is 26.5 Å². The Morgan fingerprint density at radius 2 is 1.24 bits per heavy atom. The molecule has 3 heterocycles. The minimum Gasteiger partial charge on any atom is -0.507 e. The maximum absolute atomic E-state index is 12.5. The van der Waals surface area contributed by atoms with Gasteiger partial charge in [0, 0.05) is 44.2 Å². The smallest absolute Gasteiger partial charge is 0.413 e. The first-order chi connectivity index (χ1) is 29.2. The van der Waals surface area contributed by atoms with Crippen LogP contribution in [0.4, 0.5) is 5.69 Å². The van der Waals surface area contributed by atoms with Crippen LogP contribution in [0.3, 0.4) is 0 Å². The van der Waals surface area contributed by atoms with Crippen molar-refractivity contribution in [2.75, 3.05) is 4.81 Å². The van der Waals surface area contributed by atoms with Crippen molar-refractivity contribution < 1.29 is 26.2 Å².